The first-order chi connectivity index (χ1) is 9.90. The van der Waals surface area contributed by atoms with Gasteiger partial charge in [-0.3, -0.25) is 14.9 Å². The van der Waals surface area contributed by atoms with E-state index in [0.717, 1.165) is 12.3 Å². The molecule has 0 saturated heterocycles. The standard InChI is InChI=1S/C11H11ClN6O3/c1-6(10-16-14-5-17(10)2)15-11(19)8-3-7(18(20)21)4-13-9(8)12/h3-6H,1-2H3,(H,15,19). The zero-order valence-corrected chi connectivity index (χ0v) is 11.9. The smallest absolute Gasteiger partial charge is 0.288 e. The van der Waals surface area contributed by atoms with Gasteiger partial charge in [-0.05, 0) is 6.92 Å². The van der Waals surface area contributed by atoms with E-state index < -0.39 is 16.9 Å². The summed E-state index contributed by atoms with van der Waals surface area (Å²) in [5.74, 6) is -0.0374. The molecule has 2 rings (SSSR count). The summed E-state index contributed by atoms with van der Waals surface area (Å²) in [5.41, 5.74) is -0.379. The molecule has 21 heavy (non-hydrogen) atoms. The third-order valence-electron chi connectivity index (χ3n) is 2.76. The fourth-order valence-corrected chi connectivity index (χ4v) is 1.91. The van der Waals surface area contributed by atoms with Crippen molar-refractivity contribution in [1.82, 2.24) is 25.1 Å². The molecule has 1 atom stereocenters. The molecular formula is C11H11ClN6O3. The Balaban J connectivity index is 2.22. The molecule has 0 aromatic carbocycles. The number of aryl methyl sites for hydroxylation is 1. The van der Waals surface area contributed by atoms with E-state index in [1.54, 1.807) is 18.5 Å². The van der Waals surface area contributed by atoms with Crippen LogP contribution < -0.4 is 5.32 Å². The molecule has 0 aliphatic heterocycles. The van der Waals surface area contributed by atoms with Crippen molar-refractivity contribution in [1.29, 1.82) is 0 Å². The molecule has 110 valence electrons. The molecule has 0 saturated carbocycles. The molecule has 0 fully saturated rings. The van der Waals surface area contributed by atoms with Crippen LogP contribution in [0.2, 0.25) is 5.15 Å². The Bertz CT molecular complexity index is 701. The Morgan fingerprint density at radius 3 is 2.86 bits per heavy atom. The molecule has 0 aliphatic rings. The summed E-state index contributed by atoms with van der Waals surface area (Å²) in [6.45, 7) is 1.71. The number of carbonyl (C=O) groups excluding carboxylic acids is 1. The van der Waals surface area contributed by atoms with Gasteiger partial charge in [0.1, 0.15) is 17.7 Å². The predicted molar refractivity (Wildman–Crippen MR) is 72.8 cm³/mol. The van der Waals surface area contributed by atoms with Crippen LogP contribution in [-0.4, -0.2) is 30.6 Å². The van der Waals surface area contributed by atoms with Crippen molar-refractivity contribution in [2.24, 2.45) is 7.05 Å². The van der Waals surface area contributed by atoms with E-state index in [1.807, 2.05) is 0 Å². The number of nitrogens with one attached hydrogen (secondary N) is 1. The van der Waals surface area contributed by atoms with Crippen LogP contribution in [-0.2, 0) is 7.05 Å². The van der Waals surface area contributed by atoms with Gasteiger partial charge in [-0.15, -0.1) is 10.2 Å². The Morgan fingerprint density at radius 1 is 1.57 bits per heavy atom. The highest BCUT2D eigenvalue weighted by Gasteiger charge is 2.20. The molecule has 2 heterocycles. The second-order valence-electron chi connectivity index (χ2n) is 4.28. The minimum absolute atomic E-state index is 0.0696. The van der Waals surface area contributed by atoms with Crippen molar-refractivity contribution in [2.75, 3.05) is 0 Å². The van der Waals surface area contributed by atoms with Crippen LogP contribution in [0.4, 0.5) is 5.69 Å². The van der Waals surface area contributed by atoms with Crippen LogP contribution in [0, 0.1) is 10.1 Å². The molecule has 0 bridgehead atoms. The maximum atomic E-state index is 12.1. The maximum absolute atomic E-state index is 12.1. The fourth-order valence-electron chi connectivity index (χ4n) is 1.72. The van der Waals surface area contributed by atoms with E-state index in [2.05, 4.69) is 20.5 Å². The molecule has 9 nitrogen and oxygen atoms in total. The van der Waals surface area contributed by atoms with Crippen LogP contribution in [0.25, 0.3) is 0 Å². The van der Waals surface area contributed by atoms with Gasteiger partial charge in [0.05, 0.1) is 16.5 Å². The zero-order valence-electron chi connectivity index (χ0n) is 11.1. The lowest BCUT2D eigenvalue weighted by Gasteiger charge is -2.13. The predicted octanol–water partition coefficient (Wildman–Crippen LogP) is 1.26. The van der Waals surface area contributed by atoms with E-state index in [9.17, 15) is 14.9 Å². The van der Waals surface area contributed by atoms with Crippen molar-refractivity contribution >= 4 is 23.2 Å². The van der Waals surface area contributed by atoms with E-state index in [-0.39, 0.29) is 16.4 Å². The number of nitro groups is 1. The molecule has 2 aromatic heterocycles. The SMILES string of the molecule is CC(NC(=O)c1cc([N+](=O)[O-])cnc1Cl)c1nncn1C. The Kier molecular flexibility index (Phi) is 4.13. The van der Waals surface area contributed by atoms with Crippen molar-refractivity contribution < 1.29 is 9.72 Å². The number of carbonyl (C=O) groups is 1. The van der Waals surface area contributed by atoms with Crippen LogP contribution in [0.3, 0.4) is 0 Å². The fraction of sp³-hybridized carbons (Fsp3) is 0.273. The summed E-state index contributed by atoms with van der Waals surface area (Å²) in [4.78, 5) is 25.8. The third-order valence-corrected chi connectivity index (χ3v) is 3.06. The minimum atomic E-state index is -0.647. The van der Waals surface area contributed by atoms with Crippen LogP contribution >= 0.6 is 11.6 Å². The van der Waals surface area contributed by atoms with Gasteiger partial charge in [-0.25, -0.2) is 4.98 Å². The molecule has 0 radical (unpaired) electrons. The number of nitrogens with zero attached hydrogens (tertiary/aromatic N) is 5. The lowest BCUT2D eigenvalue weighted by Crippen LogP contribution is -2.28. The molecule has 0 aliphatic carbocycles. The number of hydrogen-bond donors (Lipinski definition) is 1. The number of rotatable bonds is 4. The summed E-state index contributed by atoms with van der Waals surface area (Å²) >= 11 is 5.81. The van der Waals surface area contributed by atoms with E-state index in [1.165, 1.54) is 6.33 Å². The number of aromatic nitrogens is 4. The Morgan fingerprint density at radius 2 is 2.29 bits per heavy atom. The van der Waals surface area contributed by atoms with E-state index >= 15 is 0 Å². The van der Waals surface area contributed by atoms with Gasteiger partial charge in [-0.1, -0.05) is 11.6 Å². The van der Waals surface area contributed by atoms with Crippen LogP contribution in [0.5, 0.6) is 0 Å². The first-order valence-corrected chi connectivity index (χ1v) is 6.22. The summed E-state index contributed by atoms with van der Waals surface area (Å²) in [5, 5.41) is 20.8. The quantitative estimate of drug-likeness (QED) is 0.516. The average Bonchev–Trinajstić information content (AvgIpc) is 2.85. The lowest BCUT2D eigenvalue weighted by molar-refractivity contribution is -0.385. The highest BCUT2D eigenvalue weighted by Crippen LogP contribution is 2.20. The molecule has 2 aromatic rings. The number of hydrogen-bond acceptors (Lipinski definition) is 6. The van der Waals surface area contributed by atoms with Crippen molar-refractivity contribution in [2.45, 2.75) is 13.0 Å². The summed E-state index contributed by atoms with van der Waals surface area (Å²) in [6.07, 6.45) is 2.49. The number of halogens is 1. The lowest BCUT2D eigenvalue weighted by atomic mass is 10.2. The van der Waals surface area contributed by atoms with Gasteiger partial charge < -0.3 is 9.88 Å². The molecule has 0 spiro atoms. The highest BCUT2D eigenvalue weighted by atomic mass is 35.5. The molecule has 1 amide bonds. The van der Waals surface area contributed by atoms with Gasteiger partial charge in [0, 0.05) is 13.1 Å². The number of amides is 1. The van der Waals surface area contributed by atoms with Crippen molar-refractivity contribution in [3.63, 3.8) is 0 Å². The van der Waals surface area contributed by atoms with Gasteiger partial charge in [0.15, 0.2) is 5.82 Å². The van der Waals surface area contributed by atoms with Gasteiger partial charge in [0.25, 0.3) is 11.6 Å². The molecule has 1 unspecified atom stereocenters. The van der Waals surface area contributed by atoms with E-state index in [4.69, 9.17) is 11.6 Å². The summed E-state index contributed by atoms with van der Waals surface area (Å²) < 4.78 is 1.65. The normalized spacial score (nSPS) is 12.0. The van der Waals surface area contributed by atoms with Gasteiger partial charge >= 0.3 is 0 Å². The minimum Gasteiger partial charge on any atom is -0.342 e. The summed E-state index contributed by atoms with van der Waals surface area (Å²) in [6, 6.07) is 0.633. The second kappa shape index (κ2) is 5.83. The molecule has 1 N–H and O–H groups in total. The van der Waals surface area contributed by atoms with Crippen LogP contribution in [0.15, 0.2) is 18.6 Å². The Hall–Kier alpha value is -2.55. The number of pyridine rings is 1. The Labute approximate surface area is 124 Å². The topological polar surface area (TPSA) is 116 Å². The largest absolute Gasteiger partial charge is 0.342 e. The maximum Gasteiger partial charge on any atom is 0.288 e. The zero-order chi connectivity index (χ0) is 15.6. The first kappa shape index (κ1) is 14.9. The average molecular weight is 311 g/mol. The van der Waals surface area contributed by atoms with Crippen molar-refractivity contribution in [3.05, 3.63) is 45.2 Å². The van der Waals surface area contributed by atoms with E-state index in [0.29, 0.717) is 5.82 Å². The third kappa shape index (κ3) is 3.14. The van der Waals surface area contributed by atoms with Crippen molar-refractivity contribution in [3.8, 4) is 0 Å². The highest BCUT2D eigenvalue weighted by molar-refractivity contribution is 6.32. The molecule has 10 heteroatoms. The van der Waals surface area contributed by atoms with Gasteiger partial charge in [-0.2, -0.15) is 0 Å². The summed E-state index contributed by atoms with van der Waals surface area (Å²) in [7, 11) is 1.74. The van der Waals surface area contributed by atoms with Crippen LogP contribution in [0.1, 0.15) is 29.1 Å². The molecular weight excluding hydrogens is 300 g/mol. The second-order valence-corrected chi connectivity index (χ2v) is 4.64. The first-order valence-electron chi connectivity index (χ1n) is 5.85. The monoisotopic (exact) mass is 310 g/mol. The van der Waals surface area contributed by atoms with Gasteiger partial charge in [0.2, 0.25) is 0 Å².